The van der Waals surface area contributed by atoms with Gasteiger partial charge in [0.05, 0.1) is 17.9 Å². The molecular formula is C20H22F2N2O4S. The van der Waals surface area contributed by atoms with Crippen molar-refractivity contribution in [2.45, 2.75) is 26.0 Å². The van der Waals surface area contributed by atoms with E-state index in [0.29, 0.717) is 30.0 Å². The van der Waals surface area contributed by atoms with Gasteiger partial charge in [-0.05, 0) is 42.0 Å². The molecule has 0 bridgehead atoms. The van der Waals surface area contributed by atoms with E-state index >= 15 is 0 Å². The summed E-state index contributed by atoms with van der Waals surface area (Å²) in [6.45, 7) is -1.70. The Hall–Kier alpha value is -2.68. The fourth-order valence-corrected chi connectivity index (χ4v) is 3.97. The lowest BCUT2D eigenvalue weighted by atomic mass is 9.97. The molecule has 2 aromatic rings. The molecule has 1 saturated heterocycles. The molecule has 1 aliphatic heterocycles. The fourth-order valence-electron chi connectivity index (χ4n) is 3.28. The second-order valence-electron chi connectivity index (χ2n) is 6.65. The van der Waals surface area contributed by atoms with Gasteiger partial charge in [-0.1, -0.05) is 12.1 Å². The van der Waals surface area contributed by atoms with Crippen LogP contribution in [-0.4, -0.2) is 43.5 Å². The van der Waals surface area contributed by atoms with Crippen molar-refractivity contribution in [3.8, 4) is 11.5 Å². The lowest BCUT2D eigenvalue weighted by Crippen LogP contribution is -2.45. The Morgan fingerprint density at radius 1 is 1.31 bits per heavy atom. The summed E-state index contributed by atoms with van der Waals surface area (Å²) in [5.41, 5.74) is 0.694. The summed E-state index contributed by atoms with van der Waals surface area (Å²) in [6, 6.07) is 8.14. The topological polar surface area (TPSA) is 67.9 Å². The van der Waals surface area contributed by atoms with Crippen LogP contribution in [0.4, 0.5) is 8.78 Å². The van der Waals surface area contributed by atoms with Crippen LogP contribution in [0.1, 0.15) is 28.1 Å². The largest absolute Gasteiger partial charge is 0.493 e. The molecule has 0 radical (unpaired) electrons. The molecule has 1 aromatic heterocycles. The number of nitrogens with zero attached hydrogens (tertiary/aromatic N) is 1. The van der Waals surface area contributed by atoms with Crippen molar-refractivity contribution in [2.24, 2.45) is 5.92 Å². The van der Waals surface area contributed by atoms with E-state index in [9.17, 15) is 18.4 Å². The number of benzene rings is 1. The van der Waals surface area contributed by atoms with Gasteiger partial charge in [-0.15, -0.1) is 11.3 Å². The number of amides is 2. The molecule has 0 spiro atoms. The molecule has 2 amide bonds. The van der Waals surface area contributed by atoms with Crippen LogP contribution in [0, 0.1) is 5.92 Å². The highest BCUT2D eigenvalue weighted by Crippen LogP contribution is 2.29. The molecule has 1 aromatic carbocycles. The minimum atomic E-state index is -2.94. The van der Waals surface area contributed by atoms with Crippen molar-refractivity contribution >= 4 is 23.2 Å². The number of hydrogen-bond acceptors (Lipinski definition) is 5. The minimum absolute atomic E-state index is 0.0446. The highest BCUT2D eigenvalue weighted by atomic mass is 32.1. The number of likely N-dealkylation sites (tertiary alicyclic amines) is 1. The van der Waals surface area contributed by atoms with E-state index < -0.39 is 6.61 Å². The summed E-state index contributed by atoms with van der Waals surface area (Å²) in [7, 11) is 1.36. The highest BCUT2D eigenvalue weighted by molar-refractivity contribution is 7.12. The maximum atomic E-state index is 12.6. The smallest absolute Gasteiger partial charge is 0.387 e. The van der Waals surface area contributed by atoms with Crippen molar-refractivity contribution in [1.29, 1.82) is 0 Å². The molecule has 3 rings (SSSR count). The molecule has 0 aliphatic carbocycles. The first-order chi connectivity index (χ1) is 14.0. The number of hydrogen-bond donors (Lipinski definition) is 1. The van der Waals surface area contributed by atoms with Gasteiger partial charge in [0, 0.05) is 19.6 Å². The van der Waals surface area contributed by atoms with Gasteiger partial charge in [-0.25, -0.2) is 0 Å². The van der Waals surface area contributed by atoms with E-state index in [2.05, 4.69) is 10.1 Å². The molecule has 9 heteroatoms. The third-order valence-corrected chi connectivity index (χ3v) is 5.58. The van der Waals surface area contributed by atoms with Crippen LogP contribution in [0.2, 0.25) is 0 Å². The van der Waals surface area contributed by atoms with E-state index in [1.54, 1.807) is 23.1 Å². The second kappa shape index (κ2) is 9.69. The van der Waals surface area contributed by atoms with E-state index in [1.165, 1.54) is 24.5 Å². The zero-order chi connectivity index (χ0) is 20.8. The average molecular weight is 424 g/mol. The number of halogens is 2. The number of alkyl halides is 2. The monoisotopic (exact) mass is 424 g/mol. The van der Waals surface area contributed by atoms with E-state index in [4.69, 9.17) is 4.74 Å². The van der Waals surface area contributed by atoms with Gasteiger partial charge >= 0.3 is 6.61 Å². The van der Waals surface area contributed by atoms with Crippen molar-refractivity contribution < 1.29 is 27.8 Å². The summed E-state index contributed by atoms with van der Waals surface area (Å²) in [4.78, 5) is 27.5. The summed E-state index contributed by atoms with van der Waals surface area (Å²) in [5.74, 6) is -0.358. The number of carbonyl (C=O) groups is 2. The van der Waals surface area contributed by atoms with Crippen LogP contribution in [0.5, 0.6) is 11.5 Å². The van der Waals surface area contributed by atoms with Crippen LogP contribution in [0.15, 0.2) is 35.7 Å². The highest BCUT2D eigenvalue weighted by Gasteiger charge is 2.29. The van der Waals surface area contributed by atoms with Crippen LogP contribution < -0.4 is 14.8 Å². The molecule has 1 aliphatic rings. The first-order valence-corrected chi connectivity index (χ1v) is 10.1. The second-order valence-corrected chi connectivity index (χ2v) is 7.60. The molecule has 2 heterocycles. The molecule has 1 atom stereocenters. The molecule has 1 fully saturated rings. The van der Waals surface area contributed by atoms with Crippen molar-refractivity contribution in [2.75, 3.05) is 20.2 Å². The Bertz CT molecular complexity index is 845. The summed E-state index contributed by atoms with van der Waals surface area (Å²) in [6.07, 6.45) is 1.48. The summed E-state index contributed by atoms with van der Waals surface area (Å²) >= 11 is 1.39. The van der Waals surface area contributed by atoms with Gasteiger partial charge in [0.2, 0.25) is 5.91 Å². The third-order valence-electron chi connectivity index (χ3n) is 4.72. The zero-order valence-corrected chi connectivity index (χ0v) is 16.7. The Balaban J connectivity index is 1.57. The lowest BCUT2D eigenvalue weighted by molar-refractivity contribution is -0.126. The molecule has 0 saturated carbocycles. The number of rotatable bonds is 7. The average Bonchev–Trinajstić information content (AvgIpc) is 3.26. The van der Waals surface area contributed by atoms with Gasteiger partial charge in [-0.3, -0.25) is 9.59 Å². The van der Waals surface area contributed by atoms with Gasteiger partial charge in [0.15, 0.2) is 11.5 Å². The molecule has 29 heavy (non-hydrogen) atoms. The Kier molecular flexibility index (Phi) is 7.03. The van der Waals surface area contributed by atoms with Gasteiger partial charge in [0.1, 0.15) is 0 Å². The van der Waals surface area contributed by atoms with Gasteiger partial charge in [0.25, 0.3) is 5.91 Å². The SMILES string of the molecule is COc1cc(CNC(=O)C2CCCN(C(=O)c3cccs3)C2)ccc1OC(F)F. The molecule has 1 N–H and O–H groups in total. The number of methoxy groups -OCH3 is 1. The lowest BCUT2D eigenvalue weighted by Gasteiger charge is -2.31. The maximum Gasteiger partial charge on any atom is 0.387 e. The number of carbonyl (C=O) groups excluding carboxylic acids is 2. The van der Waals surface area contributed by atoms with Crippen LogP contribution in [-0.2, 0) is 11.3 Å². The van der Waals surface area contributed by atoms with Crippen molar-refractivity contribution in [3.05, 3.63) is 46.2 Å². The molecule has 6 nitrogen and oxygen atoms in total. The first kappa shape index (κ1) is 21.0. The first-order valence-electron chi connectivity index (χ1n) is 9.20. The quantitative estimate of drug-likeness (QED) is 0.739. The molecular weight excluding hydrogens is 402 g/mol. The predicted octanol–water partition coefficient (Wildman–Crippen LogP) is 3.53. The zero-order valence-electron chi connectivity index (χ0n) is 15.9. The normalized spacial score (nSPS) is 16.6. The Labute approximate surface area is 171 Å². The summed E-state index contributed by atoms with van der Waals surface area (Å²) < 4.78 is 34.3. The van der Waals surface area contributed by atoms with Gasteiger partial charge in [-0.2, -0.15) is 8.78 Å². The van der Waals surface area contributed by atoms with Crippen LogP contribution in [0.3, 0.4) is 0 Å². The maximum absolute atomic E-state index is 12.6. The molecule has 1 unspecified atom stereocenters. The predicted molar refractivity (Wildman–Crippen MR) is 104 cm³/mol. The van der Waals surface area contributed by atoms with Crippen molar-refractivity contribution in [1.82, 2.24) is 10.2 Å². The van der Waals surface area contributed by atoms with Crippen molar-refractivity contribution in [3.63, 3.8) is 0 Å². The minimum Gasteiger partial charge on any atom is -0.493 e. The number of ether oxygens (including phenoxy) is 2. The Morgan fingerprint density at radius 3 is 2.83 bits per heavy atom. The third kappa shape index (κ3) is 5.44. The number of piperidine rings is 1. The van der Waals surface area contributed by atoms with Crippen LogP contribution in [0.25, 0.3) is 0 Å². The van der Waals surface area contributed by atoms with E-state index in [-0.39, 0.29) is 35.8 Å². The van der Waals surface area contributed by atoms with Gasteiger partial charge < -0.3 is 19.7 Å². The Morgan fingerprint density at radius 2 is 2.14 bits per heavy atom. The summed E-state index contributed by atoms with van der Waals surface area (Å²) in [5, 5.41) is 4.71. The number of nitrogens with one attached hydrogen (secondary N) is 1. The number of thiophene rings is 1. The standard InChI is InChI=1S/C20H22F2N2O4S/c1-27-16-10-13(6-7-15(16)28-20(21)22)11-23-18(25)14-4-2-8-24(12-14)19(26)17-5-3-9-29-17/h3,5-7,9-10,14,20H,2,4,8,11-12H2,1H3,(H,23,25). The molecule has 156 valence electrons. The van der Waals surface area contributed by atoms with Crippen LogP contribution >= 0.6 is 11.3 Å². The van der Waals surface area contributed by atoms with E-state index in [1.807, 2.05) is 11.4 Å². The fraction of sp³-hybridized carbons (Fsp3) is 0.400. The van der Waals surface area contributed by atoms with E-state index in [0.717, 1.165) is 6.42 Å².